The van der Waals surface area contributed by atoms with Gasteiger partial charge in [0.2, 0.25) is 17.7 Å². The molecule has 0 saturated carbocycles. The third-order valence-electron chi connectivity index (χ3n) is 6.89. The summed E-state index contributed by atoms with van der Waals surface area (Å²) in [4.78, 5) is 32.3. The quantitative estimate of drug-likeness (QED) is 0.248. The number of alkyl halides is 3. The maximum Gasteiger partial charge on any atom is 0.416 e. The molecule has 0 spiro atoms. The number of amides is 2. The van der Waals surface area contributed by atoms with Crippen LogP contribution in [0.15, 0.2) is 65.3 Å². The standard InChI is InChI=1S/C31H32F3N7O2/c1-20-4-6-24(17-23(20)7-5-22-10-11-36-28(16-22)39-30(35)37-21(2)42)29(43)38-26-9-8-25(27(18-26)31(32,33)34)19-41-14-12-40(3)13-15-41/h4,6,8-11,16-18H,12-15,19H2,1-3H3,(H,38,43)(H3,35,36,37,39,42)/p+1. The minimum absolute atomic E-state index is 0.0538. The number of anilines is 1. The second-order valence-corrected chi connectivity index (χ2v) is 10.4. The van der Waals surface area contributed by atoms with E-state index in [-0.39, 0.29) is 29.3 Å². The normalized spacial score (nSPS) is 16.7. The molecule has 0 bridgehead atoms. The molecular weight excluding hydrogens is 559 g/mol. The zero-order chi connectivity index (χ0) is 31.1. The highest BCUT2D eigenvalue weighted by molar-refractivity contribution is 6.05. The van der Waals surface area contributed by atoms with Crippen molar-refractivity contribution in [2.24, 2.45) is 4.99 Å². The van der Waals surface area contributed by atoms with Gasteiger partial charge in [0.15, 0.2) is 0 Å². The van der Waals surface area contributed by atoms with E-state index >= 15 is 0 Å². The molecule has 1 saturated heterocycles. The Bertz CT molecular complexity index is 1570. The first-order valence-corrected chi connectivity index (χ1v) is 13.6. The molecule has 224 valence electrons. The van der Waals surface area contributed by atoms with Crippen molar-refractivity contribution in [1.29, 1.82) is 5.41 Å². The summed E-state index contributed by atoms with van der Waals surface area (Å²) in [6.45, 7) is 6.28. The van der Waals surface area contributed by atoms with Gasteiger partial charge in [0.25, 0.3) is 5.91 Å². The van der Waals surface area contributed by atoms with Crippen molar-refractivity contribution in [2.45, 2.75) is 26.6 Å². The van der Waals surface area contributed by atoms with Crippen LogP contribution in [0.25, 0.3) is 0 Å². The van der Waals surface area contributed by atoms with Gasteiger partial charge in [0.1, 0.15) is 6.20 Å². The van der Waals surface area contributed by atoms with E-state index in [2.05, 4.69) is 32.4 Å². The molecule has 12 heteroatoms. The molecule has 2 aromatic carbocycles. The number of halogens is 3. The summed E-state index contributed by atoms with van der Waals surface area (Å²) in [6, 6.07) is 8.82. The Morgan fingerprint density at radius 2 is 1.84 bits per heavy atom. The first kappa shape index (κ1) is 31.4. The molecule has 0 unspecified atom stereocenters. The number of carbonyl (C=O) groups is 2. The van der Waals surface area contributed by atoms with Crippen LogP contribution in [0.3, 0.4) is 0 Å². The molecule has 2 heterocycles. The van der Waals surface area contributed by atoms with E-state index in [1.165, 1.54) is 19.1 Å². The second kappa shape index (κ2) is 13.6. The highest BCUT2D eigenvalue weighted by Crippen LogP contribution is 2.34. The summed E-state index contributed by atoms with van der Waals surface area (Å²) in [5, 5.41) is 14.3. The summed E-state index contributed by atoms with van der Waals surface area (Å²) in [7, 11) is 1.99. The van der Waals surface area contributed by atoms with Crippen molar-refractivity contribution >= 4 is 29.3 Å². The Labute approximate surface area is 248 Å². The van der Waals surface area contributed by atoms with Crippen molar-refractivity contribution < 1.29 is 28.1 Å². The summed E-state index contributed by atoms with van der Waals surface area (Å²) < 4.78 is 41.9. The third-order valence-corrected chi connectivity index (χ3v) is 6.89. The molecule has 2 amide bonds. The van der Waals surface area contributed by atoms with Gasteiger partial charge < -0.3 is 10.2 Å². The number of carbonyl (C=O) groups excluding carboxylic acids is 2. The maximum absolute atomic E-state index is 14.0. The summed E-state index contributed by atoms with van der Waals surface area (Å²) in [6.07, 6.45) is 0.558. The zero-order valence-electron chi connectivity index (χ0n) is 24.1. The van der Waals surface area contributed by atoms with Crippen molar-refractivity contribution in [3.8, 4) is 11.8 Å². The first-order chi connectivity index (χ1) is 20.4. The zero-order valence-corrected chi connectivity index (χ0v) is 24.1. The number of allylic oxidation sites excluding steroid dienone is 2. The highest BCUT2D eigenvalue weighted by Gasteiger charge is 2.34. The smallest absolute Gasteiger partial charge is 0.322 e. The number of amidine groups is 1. The van der Waals surface area contributed by atoms with Gasteiger partial charge in [-0.1, -0.05) is 24.0 Å². The Balaban J connectivity index is 1.50. The van der Waals surface area contributed by atoms with E-state index in [0.717, 1.165) is 24.7 Å². The predicted molar refractivity (Wildman–Crippen MR) is 158 cm³/mol. The van der Waals surface area contributed by atoms with Crippen LogP contribution in [0.2, 0.25) is 0 Å². The van der Waals surface area contributed by atoms with Crippen LogP contribution in [-0.4, -0.2) is 66.6 Å². The van der Waals surface area contributed by atoms with Gasteiger partial charge in [0, 0.05) is 74.2 Å². The lowest BCUT2D eigenvalue weighted by Gasteiger charge is -2.33. The third kappa shape index (κ3) is 8.96. The average Bonchev–Trinajstić information content (AvgIpc) is 2.93. The molecule has 9 nitrogen and oxygen atoms in total. The number of aliphatic imine (C=N–C) groups is 1. The molecule has 0 radical (unpaired) electrons. The molecule has 1 fully saturated rings. The van der Waals surface area contributed by atoms with Gasteiger partial charge >= 0.3 is 6.18 Å². The number of quaternary nitrogens is 1. The lowest BCUT2D eigenvalue weighted by atomic mass is 10.0. The highest BCUT2D eigenvalue weighted by atomic mass is 19.4. The molecule has 4 rings (SSSR count). The van der Waals surface area contributed by atoms with Crippen molar-refractivity contribution in [3.63, 3.8) is 0 Å². The van der Waals surface area contributed by atoms with Crippen LogP contribution in [-0.2, 0) is 17.5 Å². The summed E-state index contributed by atoms with van der Waals surface area (Å²) in [5.41, 5.74) is 1.69. The topological polar surface area (TPSA) is 117 Å². The fourth-order valence-corrected chi connectivity index (χ4v) is 4.52. The maximum atomic E-state index is 14.0. The van der Waals surface area contributed by atoms with Crippen LogP contribution < -0.4 is 16.0 Å². The number of guanidine groups is 1. The van der Waals surface area contributed by atoms with Crippen molar-refractivity contribution in [1.82, 2.24) is 15.1 Å². The minimum atomic E-state index is -4.57. The molecule has 5 N–H and O–H groups in total. The number of piperazine rings is 1. The van der Waals surface area contributed by atoms with Crippen LogP contribution in [0.4, 0.5) is 18.9 Å². The van der Waals surface area contributed by atoms with Crippen LogP contribution >= 0.6 is 0 Å². The molecule has 0 atom stereocenters. The fourth-order valence-electron chi connectivity index (χ4n) is 4.52. The van der Waals surface area contributed by atoms with Gasteiger partial charge in [-0.05, 0) is 49.4 Å². The number of aryl methyl sites for hydroxylation is 1. The van der Waals surface area contributed by atoms with Gasteiger partial charge in [-0.15, -0.1) is 0 Å². The van der Waals surface area contributed by atoms with E-state index in [1.54, 1.807) is 41.9 Å². The number of nitrogens with zero attached hydrogens (tertiary/aromatic N) is 3. The number of hydrogen-bond donors (Lipinski definition) is 4. The number of benzene rings is 2. The summed E-state index contributed by atoms with van der Waals surface area (Å²) in [5.74, 6) is 5.22. The Hall–Kier alpha value is -4.57. The van der Waals surface area contributed by atoms with E-state index < -0.39 is 23.6 Å². The van der Waals surface area contributed by atoms with Crippen molar-refractivity contribution in [3.05, 3.63) is 88.1 Å². The SMILES string of the molecule is CC(=O)NC(=N)N=C1C=C(C#Cc2cc(C(=O)Nc3ccc(CN4CCN(C)CC4)c(C(F)(F)F)c3)ccc2C)C=C[NH2+]1. The molecule has 0 aliphatic carbocycles. The average molecular weight is 593 g/mol. The van der Waals surface area contributed by atoms with Crippen LogP contribution in [0.1, 0.15) is 39.5 Å². The molecule has 43 heavy (non-hydrogen) atoms. The van der Waals surface area contributed by atoms with Gasteiger partial charge in [0.05, 0.1) is 5.56 Å². The number of likely N-dealkylation sites (N-methyl/N-ethyl adjacent to an activating group) is 1. The molecular formula is C31H33F3N7O2+. The molecule has 2 aromatic rings. The Morgan fingerprint density at radius 3 is 2.53 bits per heavy atom. The van der Waals surface area contributed by atoms with Gasteiger partial charge in [-0.25, -0.2) is 0 Å². The number of nitrogens with two attached hydrogens (primary N) is 1. The van der Waals surface area contributed by atoms with E-state index in [4.69, 9.17) is 5.41 Å². The minimum Gasteiger partial charge on any atom is -0.322 e. The van der Waals surface area contributed by atoms with Crippen molar-refractivity contribution in [2.75, 3.05) is 38.5 Å². The molecule has 2 aliphatic heterocycles. The predicted octanol–water partition coefficient (Wildman–Crippen LogP) is 2.85. The van der Waals surface area contributed by atoms with E-state index in [9.17, 15) is 22.8 Å². The largest absolute Gasteiger partial charge is 0.416 e. The Kier molecular flexibility index (Phi) is 9.92. The number of hydrogen-bond acceptors (Lipinski definition) is 5. The fraction of sp³-hybridized carbons (Fsp3) is 0.290. The molecule has 2 aliphatic rings. The lowest BCUT2D eigenvalue weighted by Crippen LogP contribution is -2.82. The number of rotatable bonds is 4. The van der Waals surface area contributed by atoms with Gasteiger partial charge in [-0.2, -0.15) is 18.2 Å². The van der Waals surface area contributed by atoms with Gasteiger partial charge in [-0.3, -0.25) is 30.5 Å². The first-order valence-electron chi connectivity index (χ1n) is 13.6. The lowest BCUT2D eigenvalue weighted by molar-refractivity contribution is -0.460. The van der Waals surface area contributed by atoms with E-state index in [0.29, 0.717) is 30.1 Å². The second-order valence-electron chi connectivity index (χ2n) is 10.4. The van der Waals surface area contributed by atoms with Crippen LogP contribution in [0.5, 0.6) is 0 Å². The van der Waals surface area contributed by atoms with E-state index in [1.807, 2.05) is 18.9 Å². The van der Waals surface area contributed by atoms with Crippen LogP contribution in [0, 0.1) is 24.2 Å². The summed E-state index contributed by atoms with van der Waals surface area (Å²) >= 11 is 0. The molecule has 0 aromatic heterocycles. The Morgan fingerprint density at radius 1 is 1.09 bits per heavy atom. The monoisotopic (exact) mass is 592 g/mol. The number of nitrogens with one attached hydrogen (secondary N) is 3.